The van der Waals surface area contributed by atoms with Gasteiger partial charge in [-0.1, -0.05) is 319 Å². The predicted octanol–water partition coefficient (Wildman–Crippen LogP) is 23.5. The van der Waals surface area contributed by atoms with Gasteiger partial charge >= 0.3 is 17.9 Å². The molecule has 78 heavy (non-hydrogen) atoms. The molecular weight excluding hydrogens is 961 g/mol. The molecule has 0 heterocycles. The van der Waals surface area contributed by atoms with Gasteiger partial charge in [-0.3, -0.25) is 14.4 Å². The van der Waals surface area contributed by atoms with Crippen molar-refractivity contribution < 1.29 is 28.6 Å². The summed E-state index contributed by atoms with van der Waals surface area (Å²) in [5.74, 6) is -0.856. The monoisotopic (exact) mass is 1090 g/mol. The SMILES string of the molecule is CC/C=C\C/C=C\C/C=C\C/C=C\CCCCCCCCCCCCCCCCCCC(=O)OCC(COC(=O)CCCCCCCCCCCCCCCCC)OC(=O)CCCCCCC/C=C\CCCCCCCCC. The van der Waals surface area contributed by atoms with E-state index in [1.807, 2.05) is 0 Å². The summed E-state index contributed by atoms with van der Waals surface area (Å²) in [6, 6.07) is 0. The quantitative estimate of drug-likeness (QED) is 0.0261. The molecule has 0 radical (unpaired) electrons. The molecule has 1 atom stereocenters. The second kappa shape index (κ2) is 66.6. The third-order valence-electron chi connectivity index (χ3n) is 15.3. The lowest BCUT2D eigenvalue weighted by Gasteiger charge is -2.18. The van der Waals surface area contributed by atoms with Crippen LogP contribution in [0.1, 0.15) is 361 Å². The highest BCUT2D eigenvalue weighted by Gasteiger charge is 2.19. The van der Waals surface area contributed by atoms with E-state index in [0.717, 1.165) is 89.9 Å². The highest BCUT2D eigenvalue weighted by atomic mass is 16.6. The molecule has 0 amide bonds. The Morgan fingerprint density at radius 2 is 0.500 bits per heavy atom. The van der Waals surface area contributed by atoms with Gasteiger partial charge in [0.25, 0.3) is 0 Å². The van der Waals surface area contributed by atoms with Gasteiger partial charge in [0.05, 0.1) is 0 Å². The highest BCUT2D eigenvalue weighted by Crippen LogP contribution is 2.18. The van der Waals surface area contributed by atoms with Gasteiger partial charge in [0.2, 0.25) is 0 Å². The van der Waals surface area contributed by atoms with E-state index in [0.29, 0.717) is 19.3 Å². The second-order valence-electron chi connectivity index (χ2n) is 23.1. The average molecular weight is 1090 g/mol. The summed E-state index contributed by atoms with van der Waals surface area (Å²) in [7, 11) is 0. The van der Waals surface area contributed by atoms with Crippen molar-refractivity contribution in [2.45, 2.75) is 367 Å². The Balaban J connectivity index is 4.22. The van der Waals surface area contributed by atoms with Gasteiger partial charge in [-0.15, -0.1) is 0 Å². The molecule has 0 aliphatic carbocycles. The van der Waals surface area contributed by atoms with Crippen LogP contribution >= 0.6 is 0 Å². The summed E-state index contributed by atoms with van der Waals surface area (Å²) < 4.78 is 17.0. The van der Waals surface area contributed by atoms with Crippen LogP contribution < -0.4 is 0 Å². The van der Waals surface area contributed by atoms with Crippen LogP contribution in [0.25, 0.3) is 0 Å². The summed E-state index contributed by atoms with van der Waals surface area (Å²) in [5, 5.41) is 0. The minimum Gasteiger partial charge on any atom is -0.462 e. The van der Waals surface area contributed by atoms with Crippen molar-refractivity contribution in [2.24, 2.45) is 0 Å². The number of rotatable bonds is 63. The summed E-state index contributed by atoms with van der Waals surface area (Å²) in [4.78, 5) is 38.4. The zero-order valence-electron chi connectivity index (χ0n) is 52.2. The van der Waals surface area contributed by atoms with Gasteiger partial charge in [0.15, 0.2) is 6.10 Å². The summed E-state index contributed by atoms with van der Waals surface area (Å²) in [5.41, 5.74) is 0. The van der Waals surface area contributed by atoms with Gasteiger partial charge in [-0.25, -0.2) is 0 Å². The first-order chi connectivity index (χ1) is 38.5. The fourth-order valence-corrected chi connectivity index (χ4v) is 10.1. The molecule has 0 aromatic rings. The largest absolute Gasteiger partial charge is 0.462 e. The van der Waals surface area contributed by atoms with Crippen LogP contribution in [0.5, 0.6) is 0 Å². The van der Waals surface area contributed by atoms with Crippen LogP contribution in [0.3, 0.4) is 0 Å². The third-order valence-corrected chi connectivity index (χ3v) is 15.3. The Kier molecular flexibility index (Phi) is 64.2. The smallest absolute Gasteiger partial charge is 0.306 e. The zero-order valence-corrected chi connectivity index (χ0v) is 52.2. The molecule has 6 heteroatoms. The van der Waals surface area contributed by atoms with Crippen molar-refractivity contribution in [3.8, 4) is 0 Å². The maximum absolute atomic E-state index is 12.9. The summed E-state index contributed by atoms with van der Waals surface area (Å²) in [6.45, 7) is 6.58. The molecule has 1 unspecified atom stereocenters. The van der Waals surface area contributed by atoms with Gasteiger partial charge in [0.1, 0.15) is 13.2 Å². The van der Waals surface area contributed by atoms with Gasteiger partial charge in [0, 0.05) is 19.3 Å². The van der Waals surface area contributed by atoms with Crippen molar-refractivity contribution >= 4 is 17.9 Å². The van der Waals surface area contributed by atoms with Gasteiger partial charge in [-0.05, 0) is 83.5 Å². The number of allylic oxidation sites excluding steroid dienone is 10. The van der Waals surface area contributed by atoms with Crippen LogP contribution in [0.4, 0.5) is 0 Å². The number of unbranched alkanes of at least 4 members (excludes halogenated alkanes) is 42. The minimum absolute atomic E-state index is 0.0717. The van der Waals surface area contributed by atoms with Crippen molar-refractivity contribution in [3.05, 3.63) is 60.8 Å². The second-order valence-corrected chi connectivity index (χ2v) is 23.1. The summed E-state index contributed by atoms with van der Waals surface area (Å²) in [6.07, 6.45) is 85.3. The predicted molar refractivity (Wildman–Crippen MR) is 339 cm³/mol. The molecule has 0 aliphatic rings. The molecule has 0 fully saturated rings. The Morgan fingerprint density at radius 1 is 0.269 bits per heavy atom. The number of ether oxygens (including phenoxy) is 3. The number of hydrogen-bond donors (Lipinski definition) is 0. The van der Waals surface area contributed by atoms with Gasteiger partial charge < -0.3 is 14.2 Å². The molecule has 0 spiro atoms. The molecule has 0 saturated carbocycles. The maximum atomic E-state index is 12.9. The molecular formula is C72H130O6. The Labute approximate surface area is 485 Å². The normalized spacial score (nSPS) is 12.4. The van der Waals surface area contributed by atoms with Crippen LogP contribution in [0.15, 0.2) is 60.8 Å². The fourth-order valence-electron chi connectivity index (χ4n) is 10.1. The molecule has 0 bridgehead atoms. The number of hydrogen-bond acceptors (Lipinski definition) is 6. The molecule has 454 valence electrons. The van der Waals surface area contributed by atoms with E-state index in [4.69, 9.17) is 14.2 Å². The van der Waals surface area contributed by atoms with E-state index >= 15 is 0 Å². The molecule has 6 nitrogen and oxygen atoms in total. The molecule has 0 saturated heterocycles. The molecule has 0 aliphatic heterocycles. The van der Waals surface area contributed by atoms with E-state index < -0.39 is 6.10 Å². The Bertz CT molecular complexity index is 1390. The standard InChI is InChI=1S/C72H130O6/c1-4-7-10-13-16-19-22-25-28-30-31-32-33-34-35-36-37-38-39-40-41-42-45-47-50-53-56-59-62-65-71(74)77-68-69(67-76-70(73)64-61-58-55-52-49-46-43-27-24-21-18-15-12-9-6-3)78-72(75)66-63-60-57-54-51-48-44-29-26-23-20-17-14-11-8-5-2/h7,10,16,19,25,28-29,31-32,44,69H,4-6,8-9,11-15,17-18,20-24,26-27,30,33-43,45-68H2,1-3H3/b10-7-,19-16-,28-25-,32-31-,44-29-. The number of carbonyl (C=O) groups excluding carboxylic acids is 3. The maximum Gasteiger partial charge on any atom is 0.306 e. The van der Waals surface area contributed by atoms with Crippen molar-refractivity contribution in [3.63, 3.8) is 0 Å². The van der Waals surface area contributed by atoms with E-state index in [-0.39, 0.29) is 31.1 Å². The van der Waals surface area contributed by atoms with Crippen molar-refractivity contribution in [1.82, 2.24) is 0 Å². The van der Waals surface area contributed by atoms with Crippen LogP contribution in [0, 0.1) is 0 Å². The average Bonchev–Trinajstić information content (AvgIpc) is 3.44. The molecule has 0 aromatic carbocycles. The highest BCUT2D eigenvalue weighted by molar-refractivity contribution is 5.71. The lowest BCUT2D eigenvalue weighted by molar-refractivity contribution is -0.167. The first-order valence-electron chi connectivity index (χ1n) is 34.3. The molecule has 0 rings (SSSR count). The first kappa shape index (κ1) is 75.1. The van der Waals surface area contributed by atoms with E-state index in [1.165, 1.54) is 231 Å². The van der Waals surface area contributed by atoms with Gasteiger partial charge in [-0.2, -0.15) is 0 Å². The van der Waals surface area contributed by atoms with Crippen molar-refractivity contribution in [2.75, 3.05) is 13.2 Å². The molecule has 0 aromatic heterocycles. The van der Waals surface area contributed by atoms with Crippen LogP contribution in [-0.2, 0) is 28.6 Å². The third kappa shape index (κ3) is 63.9. The number of carbonyl (C=O) groups is 3. The minimum atomic E-state index is -0.776. The van der Waals surface area contributed by atoms with Crippen molar-refractivity contribution in [1.29, 1.82) is 0 Å². The summed E-state index contributed by atoms with van der Waals surface area (Å²) >= 11 is 0. The van der Waals surface area contributed by atoms with E-state index in [1.54, 1.807) is 0 Å². The van der Waals surface area contributed by atoms with E-state index in [9.17, 15) is 14.4 Å². The number of esters is 3. The Morgan fingerprint density at radius 3 is 0.795 bits per heavy atom. The van der Waals surface area contributed by atoms with Crippen LogP contribution in [0.2, 0.25) is 0 Å². The Hall–Kier alpha value is -2.89. The zero-order chi connectivity index (χ0) is 56.4. The lowest BCUT2D eigenvalue weighted by atomic mass is 10.0. The topological polar surface area (TPSA) is 78.9 Å². The lowest BCUT2D eigenvalue weighted by Crippen LogP contribution is -2.30. The first-order valence-corrected chi connectivity index (χ1v) is 34.3. The fraction of sp³-hybridized carbons (Fsp3) is 0.819. The molecule has 0 N–H and O–H groups in total. The van der Waals surface area contributed by atoms with Crippen LogP contribution in [-0.4, -0.2) is 37.2 Å². The van der Waals surface area contributed by atoms with E-state index in [2.05, 4.69) is 81.5 Å².